The average molecular weight is 561 g/mol. The van der Waals surface area contributed by atoms with E-state index in [4.69, 9.17) is 9.47 Å². The predicted octanol–water partition coefficient (Wildman–Crippen LogP) is 6.03. The van der Waals surface area contributed by atoms with Gasteiger partial charge in [0.25, 0.3) is 0 Å². The van der Waals surface area contributed by atoms with Gasteiger partial charge in [0, 0.05) is 4.75 Å². The van der Waals surface area contributed by atoms with Gasteiger partial charge < -0.3 is 20.1 Å². The number of unbranched alkanes of at least 4 members (excludes halogenated alkanes) is 2. The zero-order valence-corrected chi connectivity index (χ0v) is 26.7. The molecule has 0 rings (SSSR count). The quantitative estimate of drug-likeness (QED) is 0.127. The fourth-order valence-electron chi connectivity index (χ4n) is 2.86. The second-order valence-corrected chi connectivity index (χ2v) is 11.2. The van der Waals surface area contributed by atoms with Crippen LogP contribution in [-0.2, 0) is 28.7 Å². The van der Waals surface area contributed by atoms with Crippen LogP contribution in [0.1, 0.15) is 108 Å². The fraction of sp³-hybridized carbons (Fsp3) is 0.793. The maximum absolute atomic E-state index is 11.8. The van der Waals surface area contributed by atoms with E-state index in [9.17, 15) is 19.2 Å². The first-order valence-corrected chi connectivity index (χ1v) is 15.1. The van der Waals surface area contributed by atoms with E-state index in [2.05, 4.69) is 52.2 Å². The van der Waals surface area contributed by atoms with E-state index in [-0.39, 0.29) is 16.4 Å². The Bertz CT molecular complexity index is 676. The lowest BCUT2D eigenvalue weighted by Gasteiger charge is -2.34. The van der Waals surface area contributed by atoms with Crippen molar-refractivity contribution in [1.29, 1.82) is 0 Å². The van der Waals surface area contributed by atoms with Gasteiger partial charge in [-0.25, -0.2) is 9.59 Å². The zero-order valence-electron chi connectivity index (χ0n) is 25.9. The summed E-state index contributed by atoms with van der Waals surface area (Å²) in [7, 11) is 0. The van der Waals surface area contributed by atoms with E-state index >= 15 is 0 Å². The molecule has 2 N–H and O–H groups in total. The lowest BCUT2D eigenvalue weighted by molar-refractivity contribution is -0.147. The molecule has 9 heteroatoms. The van der Waals surface area contributed by atoms with Crippen LogP contribution in [0.4, 0.5) is 0 Å². The summed E-state index contributed by atoms with van der Waals surface area (Å²) in [6, 6.07) is -0.582. The van der Waals surface area contributed by atoms with Gasteiger partial charge in [0.1, 0.15) is 11.7 Å². The SMILES string of the molecule is CC(C)C(C)C.CCCC/C(C)=C(\NC=O)C(=O)OCC.CCCC[C@](C)(SC)[C@H](NC=O)C(=O)OCC. The third-order valence-electron chi connectivity index (χ3n) is 6.21. The summed E-state index contributed by atoms with van der Waals surface area (Å²) >= 11 is 1.59. The standard InChI is InChI=1S/C12H23NO3S.C11H19NO3.C6H14/c1-5-7-8-12(3,17-4)10(13-9-14)11(15)16-6-2;1-4-6-7-9(3)10(12-8-13)11(14)15-5-2;1-5(2)6(3)4/h9-10H,5-8H2,1-4H3,(H,13,14);8H,4-7H2,1-3H3,(H,12,13);5-6H,1-4H3/b;10-9-;/t10-,12+;;/m1../s1. The van der Waals surface area contributed by atoms with Gasteiger partial charge in [0.2, 0.25) is 12.8 Å². The van der Waals surface area contributed by atoms with Crippen molar-refractivity contribution in [1.82, 2.24) is 10.6 Å². The molecule has 0 aliphatic carbocycles. The van der Waals surface area contributed by atoms with Gasteiger partial charge in [-0.3, -0.25) is 9.59 Å². The van der Waals surface area contributed by atoms with Gasteiger partial charge in [-0.1, -0.05) is 60.8 Å². The van der Waals surface area contributed by atoms with Gasteiger partial charge >= 0.3 is 11.9 Å². The van der Waals surface area contributed by atoms with Crippen molar-refractivity contribution in [3.63, 3.8) is 0 Å². The first-order valence-electron chi connectivity index (χ1n) is 13.8. The van der Waals surface area contributed by atoms with Gasteiger partial charge in [-0.05, 0) is 70.6 Å². The molecule has 2 atom stereocenters. The van der Waals surface area contributed by atoms with Gasteiger partial charge in [-0.2, -0.15) is 11.8 Å². The molecule has 2 amide bonds. The zero-order chi connectivity index (χ0) is 30.1. The number of thioether (sulfide) groups is 1. The largest absolute Gasteiger partial charge is 0.464 e. The maximum Gasteiger partial charge on any atom is 0.354 e. The molecule has 0 aliphatic heterocycles. The molecule has 0 unspecified atom stereocenters. The van der Waals surface area contributed by atoms with Crippen LogP contribution in [0.5, 0.6) is 0 Å². The molecule has 0 aromatic heterocycles. The fourth-order valence-corrected chi connectivity index (χ4v) is 3.61. The first-order chi connectivity index (χ1) is 17.9. The maximum atomic E-state index is 11.8. The van der Waals surface area contributed by atoms with Crippen LogP contribution in [0.15, 0.2) is 11.3 Å². The molecular formula is C29H56N2O6S. The van der Waals surface area contributed by atoms with Crippen LogP contribution in [0.25, 0.3) is 0 Å². The van der Waals surface area contributed by atoms with Crippen molar-refractivity contribution in [3.8, 4) is 0 Å². The lowest BCUT2D eigenvalue weighted by atomic mass is 9.94. The minimum absolute atomic E-state index is 0.278. The number of hydrogen-bond acceptors (Lipinski definition) is 7. The van der Waals surface area contributed by atoms with E-state index in [1.54, 1.807) is 25.6 Å². The minimum Gasteiger partial charge on any atom is -0.464 e. The molecule has 38 heavy (non-hydrogen) atoms. The molecule has 224 valence electrons. The van der Waals surface area contributed by atoms with Crippen LogP contribution < -0.4 is 10.6 Å². The summed E-state index contributed by atoms with van der Waals surface area (Å²) in [6.07, 6.45) is 8.82. The topological polar surface area (TPSA) is 111 Å². The highest BCUT2D eigenvalue weighted by molar-refractivity contribution is 8.00. The van der Waals surface area contributed by atoms with Crippen molar-refractivity contribution in [2.24, 2.45) is 11.8 Å². The Hall–Kier alpha value is -2.03. The normalized spacial score (nSPS) is 13.4. The third-order valence-corrected chi connectivity index (χ3v) is 7.58. The Morgan fingerprint density at radius 3 is 1.79 bits per heavy atom. The van der Waals surface area contributed by atoms with Crippen molar-refractivity contribution in [2.45, 2.75) is 119 Å². The number of rotatable bonds is 17. The highest BCUT2D eigenvalue weighted by atomic mass is 32.2. The summed E-state index contributed by atoms with van der Waals surface area (Å²) < 4.78 is 9.53. The van der Waals surface area contributed by atoms with E-state index in [0.717, 1.165) is 55.9 Å². The van der Waals surface area contributed by atoms with Crippen molar-refractivity contribution in [3.05, 3.63) is 11.3 Å². The molecule has 0 radical (unpaired) electrons. The lowest BCUT2D eigenvalue weighted by Crippen LogP contribution is -2.52. The van der Waals surface area contributed by atoms with Crippen molar-refractivity contribution in [2.75, 3.05) is 19.5 Å². The Kier molecular flexibility index (Phi) is 26.9. The van der Waals surface area contributed by atoms with Gasteiger partial charge in [0.15, 0.2) is 0 Å². The molecule has 0 spiro atoms. The molecule has 0 fully saturated rings. The van der Waals surface area contributed by atoms with Crippen LogP contribution >= 0.6 is 11.8 Å². The summed E-state index contributed by atoms with van der Waals surface area (Å²) in [5.74, 6) is 0.890. The molecule has 0 aromatic rings. The van der Waals surface area contributed by atoms with Crippen LogP contribution in [-0.4, -0.2) is 55.0 Å². The van der Waals surface area contributed by atoms with E-state index < -0.39 is 12.0 Å². The van der Waals surface area contributed by atoms with Crippen LogP contribution in [0.2, 0.25) is 0 Å². The Labute approximate surface area is 236 Å². The number of amides is 2. The Morgan fingerprint density at radius 2 is 1.42 bits per heavy atom. The van der Waals surface area contributed by atoms with Crippen LogP contribution in [0.3, 0.4) is 0 Å². The second-order valence-electron chi connectivity index (χ2n) is 9.82. The monoisotopic (exact) mass is 560 g/mol. The predicted molar refractivity (Wildman–Crippen MR) is 159 cm³/mol. The van der Waals surface area contributed by atoms with Crippen molar-refractivity contribution < 1.29 is 28.7 Å². The number of ether oxygens (including phenoxy) is 2. The summed E-state index contributed by atoms with van der Waals surface area (Å²) in [5.41, 5.74) is 1.14. The number of carbonyl (C=O) groups excluding carboxylic acids is 4. The highest BCUT2D eigenvalue weighted by Crippen LogP contribution is 2.32. The summed E-state index contributed by atoms with van der Waals surface area (Å²) in [4.78, 5) is 44.3. The Balaban J connectivity index is -0.000000534. The smallest absolute Gasteiger partial charge is 0.354 e. The molecule has 0 aromatic carbocycles. The molecule has 0 bridgehead atoms. The summed E-state index contributed by atoms with van der Waals surface area (Å²) in [5, 5.41) is 4.99. The number of carbonyl (C=O) groups is 4. The number of hydrogen-bond donors (Lipinski definition) is 2. The van der Waals surface area contributed by atoms with Crippen LogP contribution in [0, 0.1) is 11.8 Å². The number of allylic oxidation sites excluding steroid dienone is 1. The number of esters is 2. The third kappa shape index (κ3) is 19.1. The molecule has 0 saturated heterocycles. The average Bonchev–Trinajstić information content (AvgIpc) is 2.88. The van der Waals surface area contributed by atoms with E-state index in [1.165, 1.54) is 0 Å². The first kappa shape index (κ1) is 40.5. The molecule has 0 aliphatic rings. The minimum atomic E-state index is -0.582. The van der Waals surface area contributed by atoms with Gasteiger partial charge in [0.05, 0.1) is 13.2 Å². The molecule has 8 nitrogen and oxygen atoms in total. The summed E-state index contributed by atoms with van der Waals surface area (Å²) in [6.45, 7) is 21.1. The molecular weight excluding hydrogens is 504 g/mol. The van der Waals surface area contributed by atoms with E-state index in [0.29, 0.717) is 26.0 Å². The molecule has 0 heterocycles. The van der Waals surface area contributed by atoms with Gasteiger partial charge in [-0.15, -0.1) is 0 Å². The highest BCUT2D eigenvalue weighted by Gasteiger charge is 2.39. The second kappa shape index (κ2) is 25.3. The Morgan fingerprint density at radius 1 is 0.895 bits per heavy atom. The number of nitrogens with one attached hydrogen (secondary N) is 2. The molecule has 0 saturated carbocycles. The van der Waals surface area contributed by atoms with Crippen molar-refractivity contribution >= 4 is 36.5 Å². The van der Waals surface area contributed by atoms with E-state index in [1.807, 2.05) is 20.1 Å².